The predicted molar refractivity (Wildman–Crippen MR) is 119 cm³/mol. The number of nitrogens with one attached hydrogen (secondary N) is 1. The quantitative estimate of drug-likeness (QED) is 0.507. The highest BCUT2D eigenvalue weighted by Gasteiger charge is 2.29. The molecule has 0 amide bonds. The normalized spacial score (nSPS) is 21.2. The van der Waals surface area contributed by atoms with E-state index in [0.29, 0.717) is 19.7 Å². The summed E-state index contributed by atoms with van der Waals surface area (Å²) in [5, 5.41) is 0. The second-order valence-corrected chi connectivity index (χ2v) is 9.73. The van der Waals surface area contributed by atoms with Gasteiger partial charge in [-0.2, -0.15) is 0 Å². The van der Waals surface area contributed by atoms with Gasteiger partial charge in [0.2, 0.25) is 0 Å². The molecule has 0 saturated carbocycles. The molecule has 2 heterocycles. The number of benzene rings is 1. The molecule has 0 radical (unpaired) electrons. The molecule has 0 aliphatic carbocycles. The average molecular weight is 440 g/mol. The summed E-state index contributed by atoms with van der Waals surface area (Å²) < 4.78 is 23.1. The summed E-state index contributed by atoms with van der Waals surface area (Å²) in [5.74, 6) is -0.163. The van der Waals surface area contributed by atoms with Gasteiger partial charge in [-0.1, -0.05) is 12.1 Å². The number of hydrogen-bond donors (Lipinski definition) is 2. The molecular weight excluding hydrogens is 406 g/mol. The topological polar surface area (TPSA) is 61.9 Å². The molecule has 29 heavy (non-hydrogen) atoms. The van der Waals surface area contributed by atoms with E-state index in [-0.39, 0.29) is 17.9 Å². The second-order valence-electron chi connectivity index (χ2n) is 7.99. The van der Waals surface area contributed by atoms with Gasteiger partial charge in [-0.15, -0.1) is 12.6 Å². The lowest BCUT2D eigenvalue weighted by atomic mass is 9.98. The summed E-state index contributed by atoms with van der Waals surface area (Å²) in [6.45, 7) is 8.63. The summed E-state index contributed by atoms with van der Waals surface area (Å²) in [7, 11) is 0. The Hall–Kier alpha value is -0.930. The number of hydrogen-bond acceptors (Lipinski definition) is 5. The molecule has 1 unspecified atom stereocenters. The van der Waals surface area contributed by atoms with Crippen LogP contribution >= 0.6 is 12.6 Å². The van der Waals surface area contributed by atoms with Gasteiger partial charge in [0.25, 0.3) is 0 Å². The van der Waals surface area contributed by atoms with Gasteiger partial charge < -0.3 is 4.74 Å². The van der Waals surface area contributed by atoms with E-state index in [1.165, 1.54) is 11.1 Å². The number of carbonyl (C=O) groups is 1. The molecule has 1 aromatic carbocycles. The van der Waals surface area contributed by atoms with E-state index in [0.717, 1.165) is 50.2 Å². The summed E-state index contributed by atoms with van der Waals surface area (Å²) in [5.41, 5.74) is 2.53. The third-order valence-corrected chi connectivity index (χ3v) is 7.70. The highest BCUT2D eigenvalue weighted by molar-refractivity contribution is 7.80. The van der Waals surface area contributed by atoms with Crippen molar-refractivity contribution in [2.45, 2.75) is 57.0 Å². The van der Waals surface area contributed by atoms with E-state index in [4.69, 9.17) is 4.74 Å². The van der Waals surface area contributed by atoms with Gasteiger partial charge >= 0.3 is 5.97 Å². The molecule has 1 N–H and O–H groups in total. The van der Waals surface area contributed by atoms with E-state index in [1.807, 2.05) is 11.2 Å². The van der Waals surface area contributed by atoms with E-state index in [2.05, 4.69) is 47.4 Å². The first-order valence-corrected chi connectivity index (χ1v) is 12.1. The molecule has 0 aromatic heterocycles. The van der Waals surface area contributed by atoms with Crippen LogP contribution in [-0.4, -0.2) is 58.2 Å². The molecule has 2 aliphatic heterocycles. The Morgan fingerprint density at radius 1 is 1.21 bits per heavy atom. The third kappa shape index (κ3) is 6.52. The first-order chi connectivity index (χ1) is 14.0. The number of likely N-dealkylation sites (tertiary alicyclic amines) is 1. The van der Waals surface area contributed by atoms with Crippen LogP contribution in [0.2, 0.25) is 0 Å². The van der Waals surface area contributed by atoms with Crippen molar-refractivity contribution in [1.29, 1.82) is 0 Å². The molecule has 6 nitrogen and oxygen atoms in total. The monoisotopic (exact) mass is 439 g/mol. The molecule has 2 aliphatic rings. The molecule has 0 bridgehead atoms. The van der Waals surface area contributed by atoms with Crippen LogP contribution in [0.1, 0.15) is 43.7 Å². The molecular formula is C21H33N3O3S2. The summed E-state index contributed by atoms with van der Waals surface area (Å²) in [6.07, 6.45) is 3.42. The maximum absolute atomic E-state index is 12.7. The molecule has 8 heteroatoms. The number of ether oxygens (including phenoxy) is 1. The van der Waals surface area contributed by atoms with E-state index >= 15 is 0 Å². The van der Waals surface area contributed by atoms with Gasteiger partial charge in [0.15, 0.2) is 11.2 Å². The van der Waals surface area contributed by atoms with Crippen LogP contribution in [0, 0.1) is 12.8 Å². The molecule has 2 saturated heterocycles. The number of piperidine rings is 2. The highest BCUT2D eigenvalue weighted by atomic mass is 32.2. The number of nitrogens with zero attached hydrogens (tertiary/aromatic N) is 2. The van der Waals surface area contributed by atoms with Crippen LogP contribution in [0.4, 0.5) is 0 Å². The zero-order valence-electron chi connectivity index (χ0n) is 17.4. The van der Waals surface area contributed by atoms with E-state index in [1.54, 1.807) is 0 Å². The average Bonchev–Trinajstić information content (AvgIpc) is 2.72. The van der Waals surface area contributed by atoms with Crippen molar-refractivity contribution in [2.75, 3.05) is 32.8 Å². The van der Waals surface area contributed by atoms with Gasteiger partial charge in [-0.05, 0) is 56.7 Å². The predicted octanol–water partition coefficient (Wildman–Crippen LogP) is 2.69. The Labute approximate surface area is 182 Å². The van der Waals surface area contributed by atoms with E-state index < -0.39 is 11.2 Å². The van der Waals surface area contributed by atoms with Gasteiger partial charge in [-0.3, -0.25) is 9.69 Å². The maximum Gasteiger partial charge on any atom is 0.309 e. The number of carbonyl (C=O) groups excluding carboxylic acids is 1. The van der Waals surface area contributed by atoms with Crippen LogP contribution in [-0.2, 0) is 27.2 Å². The lowest BCUT2D eigenvalue weighted by Crippen LogP contribution is -2.48. The van der Waals surface area contributed by atoms with Crippen LogP contribution in [0.5, 0.6) is 0 Å². The maximum atomic E-state index is 12.7. The number of esters is 1. The van der Waals surface area contributed by atoms with Crippen molar-refractivity contribution < 1.29 is 13.7 Å². The Bertz CT molecular complexity index is 715. The fourth-order valence-corrected chi connectivity index (χ4v) is 5.37. The Balaban J connectivity index is 1.38. The summed E-state index contributed by atoms with van der Waals surface area (Å²) in [6, 6.07) is 6.70. The van der Waals surface area contributed by atoms with Gasteiger partial charge in [-0.25, -0.2) is 13.2 Å². The lowest BCUT2D eigenvalue weighted by molar-refractivity contribution is -0.149. The highest BCUT2D eigenvalue weighted by Crippen LogP contribution is 2.21. The van der Waals surface area contributed by atoms with Crippen LogP contribution < -0.4 is 4.72 Å². The van der Waals surface area contributed by atoms with Crippen molar-refractivity contribution in [3.05, 3.63) is 29.3 Å². The fourth-order valence-electron chi connectivity index (χ4n) is 4.02. The zero-order valence-corrected chi connectivity index (χ0v) is 19.1. The second kappa shape index (κ2) is 10.9. The van der Waals surface area contributed by atoms with Gasteiger partial charge in [0.05, 0.1) is 12.5 Å². The Kier molecular flexibility index (Phi) is 8.56. The molecule has 162 valence electrons. The first kappa shape index (κ1) is 22.7. The molecule has 2 fully saturated rings. The molecule has 1 atom stereocenters. The molecule has 0 spiro atoms. The standard InChI is InChI=1S/C21H33N3O3S2/c1-3-27-21(25)18-6-12-24(13-7-18)29(26)22-19-8-10-23(11-9-19)15-17-4-5-20(28)16(2)14-17/h4-5,14,18-19,22,28H,3,6-13,15H2,1-2H3. The van der Waals surface area contributed by atoms with E-state index in [9.17, 15) is 9.00 Å². The van der Waals surface area contributed by atoms with Crippen molar-refractivity contribution >= 4 is 29.8 Å². The van der Waals surface area contributed by atoms with Gasteiger partial charge in [0, 0.05) is 43.7 Å². The Morgan fingerprint density at radius 3 is 2.52 bits per heavy atom. The molecule has 1 aromatic rings. The number of aryl methyl sites for hydroxylation is 1. The van der Waals surface area contributed by atoms with Crippen molar-refractivity contribution in [3.8, 4) is 0 Å². The van der Waals surface area contributed by atoms with Crippen LogP contribution in [0.25, 0.3) is 0 Å². The third-order valence-electron chi connectivity index (χ3n) is 5.83. The van der Waals surface area contributed by atoms with Gasteiger partial charge in [0.1, 0.15) is 0 Å². The minimum atomic E-state index is -1.19. The smallest absolute Gasteiger partial charge is 0.309 e. The number of thiol groups is 1. The summed E-state index contributed by atoms with van der Waals surface area (Å²) in [4.78, 5) is 15.3. The zero-order chi connectivity index (χ0) is 20.8. The number of rotatable bonds is 7. The summed E-state index contributed by atoms with van der Waals surface area (Å²) >= 11 is 3.26. The van der Waals surface area contributed by atoms with Crippen molar-refractivity contribution in [3.63, 3.8) is 0 Å². The SMILES string of the molecule is CCOC(=O)C1CCN(S(=O)NC2CCN(Cc3ccc(S)c(C)c3)CC2)CC1. The fraction of sp³-hybridized carbons (Fsp3) is 0.667. The van der Waals surface area contributed by atoms with Crippen molar-refractivity contribution in [2.24, 2.45) is 5.92 Å². The van der Waals surface area contributed by atoms with Crippen LogP contribution in [0.3, 0.4) is 0 Å². The first-order valence-electron chi connectivity index (χ1n) is 10.6. The Morgan fingerprint density at radius 2 is 1.90 bits per heavy atom. The largest absolute Gasteiger partial charge is 0.466 e. The molecule has 3 rings (SSSR count). The van der Waals surface area contributed by atoms with Crippen LogP contribution in [0.15, 0.2) is 23.1 Å². The minimum absolute atomic E-state index is 0.0494. The van der Waals surface area contributed by atoms with Crippen molar-refractivity contribution in [1.82, 2.24) is 13.9 Å². The minimum Gasteiger partial charge on any atom is -0.466 e. The lowest BCUT2D eigenvalue weighted by Gasteiger charge is -2.34.